The highest BCUT2D eigenvalue weighted by Crippen LogP contribution is 2.72. The maximum Gasteiger partial charge on any atom is 0.339 e. The monoisotopic (exact) mass is 563 g/mol. The number of carboxylic acids is 1. The summed E-state index contributed by atoms with van der Waals surface area (Å²) < 4.78 is 6.57. The van der Waals surface area contributed by atoms with Gasteiger partial charge in [0.25, 0.3) is 0 Å². The molecule has 0 unspecified atom stereocenters. The van der Waals surface area contributed by atoms with Gasteiger partial charge in [0.15, 0.2) is 11.5 Å². The molecule has 210 valence electrons. The van der Waals surface area contributed by atoms with E-state index in [0.717, 1.165) is 41.9 Å². The Labute approximate surface area is 236 Å². The molecule has 9 heteroatoms. The van der Waals surface area contributed by atoms with Crippen LogP contribution >= 0.6 is 11.8 Å². The number of hydrogen-bond acceptors (Lipinski definition) is 7. The van der Waals surface area contributed by atoms with Crippen molar-refractivity contribution >= 4 is 35.1 Å². The van der Waals surface area contributed by atoms with Crippen molar-refractivity contribution in [2.45, 2.75) is 63.4 Å². The number of benzene rings is 2. The van der Waals surface area contributed by atoms with E-state index in [4.69, 9.17) is 4.74 Å². The topological polar surface area (TPSA) is 133 Å². The summed E-state index contributed by atoms with van der Waals surface area (Å²) in [5.74, 6) is -1.96. The zero-order chi connectivity index (χ0) is 28.4. The fourth-order valence-electron chi connectivity index (χ4n) is 8.06. The Hall–Kier alpha value is -3.30. The Kier molecular flexibility index (Phi) is 6.31. The van der Waals surface area contributed by atoms with E-state index in [-0.39, 0.29) is 47.4 Å². The van der Waals surface area contributed by atoms with Gasteiger partial charge in [-0.2, -0.15) is 0 Å². The molecular weight excluding hydrogens is 530 g/mol. The number of aromatic carboxylic acids is 1. The van der Waals surface area contributed by atoms with E-state index in [1.807, 2.05) is 37.3 Å². The number of rotatable bonds is 8. The molecule has 2 saturated heterocycles. The van der Waals surface area contributed by atoms with Crippen LogP contribution in [-0.2, 0) is 20.1 Å². The lowest BCUT2D eigenvalue weighted by molar-refractivity contribution is -0.169. The van der Waals surface area contributed by atoms with E-state index in [1.54, 1.807) is 11.8 Å². The maximum absolute atomic E-state index is 14.2. The van der Waals surface area contributed by atoms with Gasteiger partial charge in [-0.05, 0) is 61.6 Å². The fourth-order valence-corrected chi connectivity index (χ4v) is 9.25. The number of amides is 1. The first-order valence-electron chi connectivity index (χ1n) is 13.7. The molecule has 40 heavy (non-hydrogen) atoms. The summed E-state index contributed by atoms with van der Waals surface area (Å²) in [5.41, 5.74) is -0.843. The second-order valence-electron chi connectivity index (χ2n) is 12.2. The molecule has 4 N–H and O–H groups in total. The summed E-state index contributed by atoms with van der Waals surface area (Å²) in [7, 11) is 0. The van der Waals surface area contributed by atoms with Crippen LogP contribution in [0.5, 0.6) is 11.5 Å². The van der Waals surface area contributed by atoms with Crippen molar-refractivity contribution in [3.63, 3.8) is 0 Å². The summed E-state index contributed by atoms with van der Waals surface area (Å²) >= 11 is 1.56. The molecule has 7 rings (SSSR count). The van der Waals surface area contributed by atoms with Gasteiger partial charge in [0.1, 0.15) is 17.0 Å². The van der Waals surface area contributed by atoms with Crippen LogP contribution in [0.3, 0.4) is 0 Å². The number of hydrogen-bond donors (Lipinski definition) is 4. The molecule has 5 aliphatic rings. The standard InChI is InChI=1S/C31H33NO7S/c1-29(11-10-23(34)32-24-20(33)9-8-19(25(24)35)28(37)38)26-21-12-18-13-31(26,16-30(18,2)39-21)14-22(27(29)36)40-15-17-6-4-3-5-7-17/h3-9,14,18,21,26,33,35H,10-13,15-16H2,1-2H3,(H,32,34)(H,37,38)/t18-,21+,26+,29+,30+,31-/m1/s1. The largest absolute Gasteiger partial charge is 0.506 e. The summed E-state index contributed by atoms with van der Waals surface area (Å²) in [6, 6.07) is 12.2. The number of carbonyl (C=O) groups excluding carboxylic acids is 2. The smallest absolute Gasteiger partial charge is 0.339 e. The van der Waals surface area contributed by atoms with Crippen LogP contribution < -0.4 is 5.32 Å². The van der Waals surface area contributed by atoms with Gasteiger partial charge in [-0.1, -0.05) is 43.3 Å². The minimum absolute atomic E-state index is 0.0259. The summed E-state index contributed by atoms with van der Waals surface area (Å²) in [4.78, 5) is 39.5. The number of ether oxygens (including phenoxy) is 1. The van der Waals surface area contributed by atoms with E-state index in [1.165, 1.54) is 0 Å². The van der Waals surface area contributed by atoms with Crippen molar-refractivity contribution in [3.05, 3.63) is 64.6 Å². The lowest BCUT2D eigenvalue weighted by atomic mass is 9.51. The number of carboxylic acid groups (broad SMARTS) is 1. The number of phenols is 2. The summed E-state index contributed by atoms with van der Waals surface area (Å²) in [5, 5.41) is 32.3. The molecule has 4 fully saturated rings. The molecule has 8 nitrogen and oxygen atoms in total. The highest BCUT2D eigenvalue weighted by Gasteiger charge is 2.72. The second kappa shape index (κ2) is 9.38. The fraction of sp³-hybridized carbons (Fsp3) is 0.452. The predicted octanol–water partition coefficient (Wildman–Crippen LogP) is 5.49. The number of allylic oxidation sites excluding steroid dienone is 2. The SMILES string of the molecule is C[C@]12C[C@@]34C=C(SCc5ccccc5)C(=O)[C@@](C)(CCC(=O)Nc5c(O)ccc(C(=O)O)c5O)[C@@H]3[C@H](C[C@@H]1C4)O2. The average Bonchev–Trinajstić information content (AvgIpc) is 3.27. The number of aromatic hydroxyl groups is 2. The zero-order valence-electron chi connectivity index (χ0n) is 22.5. The molecule has 3 aliphatic carbocycles. The Morgan fingerprint density at radius 2 is 1.88 bits per heavy atom. The highest BCUT2D eigenvalue weighted by atomic mass is 32.2. The number of thioether (sulfide) groups is 1. The number of nitrogens with one attached hydrogen (secondary N) is 1. The molecule has 6 atom stereocenters. The van der Waals surface area contributed by atoms with Crippen LogP contribution in [0.2, 0.25) is 0 Å². The molecule has 0 aromatic heterocycles. The Balaban J connectivity index is 1.27. The van der Waals surface area contributed by atoms with Gasteiger partial charge >= 0.3 is 5.97 Å². The molecule has 2 saturated carbocycles. The van der Waals surface area contributed by atoms with Crippen molar-refractivity contribution < 1.29 is 34.4 Å². The van der Waals surface area contributed by atoms with Gasteiger partial charge in [-0.15, -0.1) is 11.8 Å². The third-order valence-electron chi connectivity index (χ3n) is 9.71. The molecule has 2 aromatic rings. The quantitative estimate of drug-likeness (QED) is 0.310. The van der Waals surface area contributed by atoms with Gasteiger partial charge in [0.2, 0.25) is 5.91 Å². The molecular formula is C31H33NO7S. The number of carbonyl (C=O) groups is 3. The van der Waals surface area contributed by atoms with Crippen molar-refractivity contribution in [2.24, 2.45) is 22.7 Å². The van der Waals surface area contributed by atoms with E-state index >= 15 is 0 Å². The normalized spacial score (nSPS) is 33.5. The summed E-state index contributed by atoms with van der Waals surface area (Å²) in [6.07, 6.45) is 5.15. The van der Waals surface area contributed by atoms with Gasteiger partial charge in [0, 0.05) is 28.4 Å². The van der Waals surface area contributed by atoms with Crippen molar-refractivity contribution in [1.82, 2.24) is 0 Å². The molecule has 1 amide bonds. The van der Waals surface area contributed by atoms with E-state index < -0.39 is 34.4 Å². The lowest BCUT2D eigenvalue weighted by Crippen LogP contribution is -2.57. The number of Topliss-reactive ketones (excluding diaryl/α,β-unsaturated/α-hetero) is 1. The van der Waals surface area contributed by atoms with Crippen LogP contribution in [-0.4, -0.2) is 44.7 Å². The second-order valence-corrected chi connectivity index (χ2v) is 13.2. The molecule has 4 bridgehead atoms. The van der Waals surface area contributed by atoms with Gasteiger partial charge < -0.3 is 25.4 Å². The number of anilines is 1. The Morgan fingerprint density at radius 3 is 2.58 bits per heavy atom. The first kappa shape index (κ1) is 26.9. The third kappa shape index (κ3) is 4.13. The first-order chi connectivity index (χ1) is 19.0. The van der Waals surface area contributed by atoms with Crippen molar-refractivity contribution in [1.29, 1.82) is 0 Å². The molecule has 2 aliphatic heterocycles. The van der Waals surface area contributed by atoms with Crippen molar-refractivity contribution in [3.8, 4) is 11.5 Å². The minimum atomic E-state index is -1.38. The molecule has 1 spiro atoms. The van der Waals surface area contributed by atoms with Crippen LogP contribution in [0.4, 0.5) is 5.69 Å². The van der Waals surface area contributed by atoms with Crippen molar-refractivity contribution in [2.75, 3.05) is 5.32 Å². The van der Waals surface area contributed by atoms with Gasteiger partial charge in [-0.25, -0.2) is 4.79 Å². The van der Waals surface area contributed by atoms with E-state index in [9.17, 15) is 29.7 Å². The van der Waals surface area contributed by atoms with E-state index in [2.05, 4.69) is 18.3 Å². The number of ketones is 1. The first-order valence-corrected chi connectivity index (χ1v) is 14.6. The molecule has 2 heterocycles. The molecule has 0 radical (unpaired) electrons. The van der Waals surface area contributed by atoms with Gasteiger partial charge in [-0.3, -0.25) is 9.59 Å². The van der Waals surface area contributed by atoms with Crippen LogP contribution in [0, 0.1) is 22.7 Å². The Morgan fingerprint density at radius 1 is 1.12 bits per heavy atom. The molecule has 2 aromatic carbocycles. The van der Waals surface area contributed by atoms with Crippen LogP contribution in [0.15, 0.2) is 53.4 Å². The lowest BCUT2D eigenvalue weighted by Gasteiger charge is -2.56. The Bertz CT molecular complexity index is 1440. The van der Waals surface area contributed by atoms with Crippen LogP contribution in [0.1, 0.15) is 61.9 Å². The van der Waals surface area contributed by atoms with Gasteiger partial charge in [0.05, 0.1) is 11.7 Å². The summed E-state index contributed by atoms with van der Waals surface area (Å²) in [6.45, 7) is 4.15. The maximum atomic E-state index is 14.2. The van der Waals surface area contributed by atoms with Crippen LogP contribution in [0.25, 0.3) is 0 Å². The third-order valence-corrected chi connectivity index (χ3v) is 10.8. The number of phenolic OH excluding ortho intramolecular Hbond substituents is 1. The predicted molar refractivity (Wildman–Crippen MR) is 150 cm³/mol. The minimum Gasteiger partial charge on any atom is -0.506 e. The average molecular weight is 564 g/mol. The zero-order valence-corrected chi connectivity index (χ0v) is 23.3. The highest BCUT2D eigenvalue weighted by molar-refractivity contribution is 8.03. The van der Waals surface area contributed by atoms with E-state index in [0.29, 0.717) is 11.7 Å².